The van der Waals surface area contributed by atoms with Gasteiger partial charge in [-0.25, -0.2) is 0 Å². The van der Waals surface area contributed by atoms with E-state index in [9.17, 15) is 5.11 Å². The molecule has 0 amide bonds. The number of hydrogen-bond acceptors (Lipinski definition) is 3. The van der Waals surface area contributed by atoms with Gasteiger partial charge in [0.15, 0.2) is 0 Å². The third-order valence-electron chi connectivity index (χ3n) is 3.78. The molecule has 1 unspecified atom stereocenters. The maximum atomic E-state index is 9.58. The first kappa shape index (κ1) is 13.8. The van der Waals surface area contributed by atoms with Gasteiger partial charge in [0.2, 0.25) is 0 Å². The number of benzene rings is 2. The van der Waals surface area contributed by atoms with Crippen LogP contribution in [-0.2, 0) is 6.42 Å². The number of anilines is 1. The molecule has 21 heavy (non-hydrogen) atoms. The van der Waals surface area contributed by atoms with Crippen molar-refractivity contribution >= 4 is 5.69 Å². The van der Waals surface area contributed by atoms with Gasteiger partial charge in [-0.1, -0.05) is 18.2 Å². The average molecular weight is 283 g/mol. The fourth-order valence-electron chi connectivity index (χ4n) is 2.88. The second-order valence-corrected chi connectivity index (χ2v) is 5.78. The highest BCUT2D eigenvalue weighted by molar-refractivity contribution is 5.58. The number of aromatic hydroxyl groups is 1. The van der Waals surface area contributed by atoms with Gasteiger partial charge < -0.3 is 15.2 Å². The lowest BCUT2D eigenvalue weighted by Gasteiger charge is -2.20. The molecule has 0 saturated heterocycles. The van der Waals surface area contributed by atoms with Crippen LogP contribution in [0.25, 0.3) is 0 Å². The summed E-state index contributed by atoms with van der Waals surface area (Å²) in [4.78, 5) is 0. The van der Waals surface area contributed by atoms with Crippen molar-refractivity contribution in [1.82, 2.24) is 0 Å². The van der Waals surface area contributed by atoms with Gasteiger partial charge in [0, 0.05) is 0 Å². The Kier molecular flexibility index (Phi) is 3.74. The molecule has 3 rings (SSSR count). The van der Waals surface area contributed by atoms with Crippen molar-refractivity contribution in [2.45, 2.75) is 38.8 Å². The number of ether oxygens (including phenoxy) is 1. The van der Waals surface area contributed by atoms with Crippen LogP contribution in [0.1, 0.15) is 37.4 Å². The van der Waals surface area contributed by atoms with Crippen LogP contribution in [-0.4, -0.2) is 11.2 Å². The Balaban J connectivity index is 1.83. The summed E-state index contributed by atoms with van der Waals surface area (Å²) in [6.45, 7) is 4.06. The van der Waals surface area contributed by atoms with E-state index in [0.717, 1.165) is 24.3 Å². The largest absolute Gasteiger partial charge is 0.508 e. The lowest BCUT2D eigenvalue weighted by Crippen LogP contribution is -2.11. The summed E-state index contributed by atoms with van der Waals surface area (Å²) in [5.74, 6) is 1.23. The van der Waals surface area contributed by atoms with Crippen LogP contribution in [0.3, 0.4) is 0 Å². The molecule has 0 spiro atoms. The molecule has 1 aliphatic rings. The predicted octanol–water partition coefficient (Wildman–Crippen LogP) is 4.28. The minimum absolute atomic E-state index is 0.153. The fraction of sp³-hybridized carbons (Fsp3) is 0.333. The number of fused-ring (bicyclic) bond motifs is 1. The molecule has 3 nitrogen and oxygen atoms in total. The summed E-state index contributed by atoms with van der Waals surface area (Å²) in [6, 6.07) is 14.0. The molecule has 1 aliphatic carbocycles. The van der Waals surface area contributed by atoms with Crippen LogP contribution in [0.4, 0.5) is 5.69 Å². The maximum absolute atomic E-state index is 9.58. The molecule has 0 saturated carbocycles. The molecule has 1 atom stereocenters. The number of aryl methyl sites for hydroxylation is 1. The maximum Gasteiger partial charge on any atom is 0.142 e. The third-order valence-corrected chi connectivity index (χ3v) is 3.78. The predicted molar refractivity (Wildman–Crippen MR) is 85.0 cm³/mol. The molecule has 2 N–H and O–H groups in total. The number of para-hydroxylation sites is 2. The van der Waals surface area contributed by atoms with Crippen molar-refractivity contribution in [3.63, 3.8) is 0 Å². The molecule has 0 aliphatic heterocycles. The van der Waals surface area contributed by atoms with Crippen LogP contribution < -0.4 is 10.1 Å². The smallest absolute Gasteiger partial charge is 0.142 e. The van der Waals surface area contributed by atoms with Crippen molar-refractivity contribution in [1.29, 1.82) is 0 Å². The quantitative estimate of drug-likeness (QED) is 0.880. The molecular weight excluding hydrogens is 262 g/mol. The molecule has 2 aromatic carbocycles. The topological polar surface area (TPSA) is 41.5 Å². The zero-order chi connectivity index (χ0) is 14.8. The van der Waals surface area contributed by atoms with Crippen molar-refractivity contribution < 1.29 is 9.84 Å². The van der Waals surface area contributed by atoms with E-state index in [1.54, 1.807) is 6.07 Å². The third kappa shape index (κ3) is 2.97. The number of phenols is 1. The lowest BCUT2D eigenvalue weighted by molar-refractivity contribution is 0.243. The molecule has 0 aromatic heterocycles. The van der Waals surface area contributed by atoms with Gasteiger partial charge in [-0.2, -0.15) is 0 Å². The normalized spacial score (nSPS) is 16.8. The summed E-state index contributed by atoms with van der Waals surface area (Å²) < 4.78 is 5.86. The lowest BCUT2D eigenvalue weighted by atomic mass is 10.1. The number of nitrogens with one attached hydrogen (secondary N) is 1. The van der Waals surface area contributed by atoms with Crippen molar-refractivity contribution in [2.75, 3.05) is 5.32 Å². The van der Waals surface area contributed by atoms with E-state index < -0.39 is 0 Å². The van der Waals surface area contributed by atoms with Gasteiger partial charge in [-0.05, 0) is 62.1 Å². The van der Waals surface area contributed by atoms with E-state index in [1.165, 1.54) is 11.1 Å². The first-order valence-corrected chi connectivity index (χ1v) is 7.47. The van der Waals surface area contributed by atoms with Crippen LogP contribution in [0.5, 0.6) is 11.5 Å². The molecule has 2 aromatic rings. The van der Waals surface area contributed by atoms with E-state index in [0.29, 0.717) is 5.75 Å². The second kappa shape index (κ2) is 5.68. The van der Waals surface area contributed by atoms with Crippen LogP contribution in [0.2, 0.25) is 0 Å². The highest BCUT2D eigenvalue weighted by Crippen LogP contribution is 2.37. The fourth-order valence-corrected chi connectivity index (χ4v) is 2.88. The zero-order valence-corrected chi connectivity index (χ0v) is 12.5. The first-order chi connectivity index (χ1) is 10.1. The molecule has 0 heterocycles. The standard InChI is InChI=1S/C18H21NO2/c1-12(2)21-18-6-4-3-5-17(18)19-16-10-7-13-11-14(20)8-9-15(13)16/h3-6,8-9,11-12,16,19-20H,7,10H2,1-2H3. The summed E-state index contributed by atoms with van der Waals surface area (Å²) in [7, 11) is 0. The molecule has 0 radical (unpaired) electrons. The number of rotatable bonds is 4. The van der Waals surface area contributed by atoms with E-state index in [-0.39, 0.29) is 12.1 Å². The monoisotopic (exact) mass is 283 g/mol. The Labute approximate surface area is 125 Å². The highest BCUT2D eigenvalue weighted by Gasteiger charge is 2.23. The minimum atomic E-state index is 0.153. The Hall–Kier alpha value is -2.16. The highest BCUT2D eigenvalue weighted by atomic mass is 16.5. The van der Waals surface area contributed by atoms with E-state index in [4.69, 9.17) is 4.74 Å². The van der Waals surface area contributed by atoms with Gasteiger partial charge in [0.25, 0.3) is 0 Å². The molecule has 0 bridgehead atoms. The SMILES string of the molecule is CC(C)Oc1ccccc1NC1CCc2cc(O)ccc21. The Morgan fingerprint density at radius 2 is 2.00 bits per heavy atom. The van der Waals surface area contributed by atoms with Crippen molar-refractivity contribution in [2.24, 2.45) is 0 Å². The zero-order valence-electron chi connectivity index (χ0n) is 12.5. The van der Waals surface area contributed by atoms with Gasteiger partial charge >= 0.3 is 0 Å². The minimum Gasteiger partial charge on any atom is -0.508 e. The van der Waals surface area contributed by atoms with Crippen molar-refractivity contribution in [3.8, 4) is 11.5 Å². The van der Waals surface area contributed by atoms with Crippen LogP contribution >= 0.6 is 0 Å². The Morgan fingerprint density at radius 1 is 1.19 bits per heavy atom. The summed E-state index contributed by atoms with van der Waals surface area (Å²) in [5, 5.41) is 13.2. The first-order valence-electron chi connectivity index (χ1n) is 7.47. The van der Waals surface area contributed by atoms with E-state index in [2.05, 4.69) is 11.4 Å². The van der Waals surface area contributed by atoms with E-state index in [1.807, 2.05) is 44.2 Å². The van der Waals surface area contributed by atoms with Gasteiger partial charge in [0.1, 0.15) is 11.5 Å². The molecular formula is C18H21NO2. The van der Waals surface area contributed by atoms with E-state index >= 15 is 0 Å². The van der Waals surface area contributed by atoms with Gasteiger partial charge in [-0.3, -0.25) is 0 Å². The second-order valence-electron chi connectivity index (χ2n) is 5.78. The van der Waals surface area contributed by atoms with Gasteiger partial charge in [0.05, 0.1) is 17.8 Å². The molecule has 3 heteroatoms. The molecule has 0 fully saturated rings. The summed E-state index contributed by atoms with van der Waals surface area (Å²) in [6.07, 6.45) is 2.18. The van der Waals surface area contributed by atoms with Crippen LogP contribution in [0, 0.1) is 0 Å². The number of hydrogen-bond donors (Lipinski definition) is 2. The molecule has 110 valence electrons. The summed E-state index contributed by atoms with van der Waals surface area (Å²) >= 11 is 0. The number of phenolic OH excluding ortho intramolecular Hbond substituents is 1. The van der Waals surface area contributed by atoms with Crippen LogP contribution in [0.15, 0.2) is 42.5 Å². The van der Waals surface area contributed by atoms with Crippen molar-refractivity contribution in [3.05, 3.63) is 53.6 Å². The van der Waals surface area contributed by atoms with Gasteiger partial charge in [-0.15, -0.1) is 0 Å². The Morgan fingerprint density at radius 3 is 2.81 bits per heavy atom. The average Bonchev–Trinajstić information content (AvgIpc) is 2.83. The summed E-state index contributed by atoms with van der Waals surface area (Å²) in [5.41, 5.74) is 3.53. The Bertz CT molecular complexity index is 637.